The summed E-state index contributed by atoms with van der Waals surface area (Å²) in [5.74, 6) is -2.76. The summed E-state index contributed by atoms with van der Waals surface area (Å²) in [6, 6.07) is 9.36. The van der Waals surface area contributed by atoms with Crippen molar-refractivity contribution >= 4 is 11.6 Å². The number of anilines is 1. The van der Waals surface area contributed by atoms with Crippen LogP contribution in [-0.2, 0) is 23.6 Å². The van der Waals surface area contributed by atoms with Crippen molar-refractivity contribution in [2.45, 2.75) is 25.7 Å². The second kappa shape index (κ2) is 8.57. The van der Waals surface area contributed by atoms with Gasteiger partial charge < -0.3 is 10.6 Å². The van der Waals surface area contributed by atoms with E-state index in [1.54, 1.807) is 29.2 Å². The number of likely N-dealkylation sites (tertiary alicyclic amines) is 1. The van der Waals surface area contributed by atoms with Gasteiger partial charge in [0.2, 0.25) is 5.91 Å². The Kier molecular flexibility index (Phi) is 5.82. The molecule has 2 N–H and O–H groups in total. The molecule has 4 rings (SSSR count). The van der Waals surface area contributed by atoms with Gasteiger partial charge in [-0.3, -0.25) is 9.78 Å². The summed E-state index contributed by atoms with van der Waals surface area (Å²) in [4.78, 5) is 26.9. The Bertz CT molecular complexity index is 1110. The molecule has 0 aliphatic carbocycles. The number of aromatic nitrogens is 3. The maximum atomic E-state index is 13.3. The fourth-order valence-electron chi connectivity index (χ4n) is 3.54. The molecule has 6 nitrogen and oxygen atoms in total. The second-order valence-corrected chi connectivity index (χ2v) is 8.06. The summed E-state index contributed by atoms with van der Waals surface area (Å²) < 4.78 is 39.7. The van der Waals surface area contributed by atoms with Crippen LogP contribution in [0.1, 0.15) is 24.0 Å². The molecule has 0 spiro atoms. The minimum atomic E-state index is -2.97. The molecule has 9 heteroatoms. The van der Waals surface area contributed by atoms with E-state index in [1.165, 1.54) is 12.1 Å². The second-order valence-electron chi connectivity index (χ2n) is 8.06. The highest BCUT2D eigenvalue weighted by molar-refractivity contribution is 5.81. The van der Waals surface area contributed by atoms with Gasteiger partial charge in [-0.05, 0) is 36.4 Å². The Morgan fingerprint density at radius 1 is 1.12 bits per heavy atom. The van der Waals surface area contributed by atoms with Gasteiger partial charge in [-0.25, -0.2) is 23.1 Å². The Morgan fingerprint density at radius 2 is 1.78 bits per heavy atom. The number of pyridine rings is 1. The van der Waals surface area contributed by atoms with Gasteiger partial charge in [0, 0.05) is 50.3 Å². The van der Waals surface area contributed by atoms with Crippen molar-refractivity contribution in [3.05, 3.63) is 71.7 Å². The molecule has 1 amide bonds. The van der Waals surface area contributed by atoms with Gasteiger partial charge in [0.1, 0.15) is 11.6 Å². The lowest BCUT2D eigenvalue weighted by Gasteiger charge is -2.39. The number of carbonyl (C=O) groups excluding carboxylic acids is 1. The number of hydrogen-bond donors (Lipinski definition) is 1. The average Bonchev–Trinajstić information content (AvgIpc) is 2.72. The molecule has 1 aliphatic rings. The van der Waals surface area contributed by atoms with Gasteiger partial charge in [0.15, 0.2) is 0 Å². The van der Waals surface area contributed by atoms with Crippen LogP contribution in [0.15, 0.2) is 48.8 Å². The predicted molar refractivity (Wildman–Crippen MR) is 113 cm³/mol. The molecule has 0 saturated carbocycles. The third-order valence-electron chi connectivity index (χ3n) is 5.46. The minimum absolute atomic E-state index is 0.0599. The first-order valence-corrected chi connectivity index (χ1v) is 10.2. The van der Waals surface area contributed by atoms with Crippen LogP contribution in [0.25, 0.3) is 11.3 Å². The first kappa shape index (κ1) is 21.7. The van der Waals surface area contributed by atoms with Gasteiger partial charge >= 0.3 is 0 Å². The van der Waals surface area contributed by atoms with Crippen molar-refractivity contribution in [1.29, 1.82) is 0 Å². The van der Waals surface area contributed by atoms with Gasteiger partial charge in [-0.2, -0.15) is 0 Å². The summed E-state index contributed by atoms with van der Waals surface area (Å²) in [6.45, 7) is 1.87. The molecule has 1 fully saturated rings. The standard InChI is InChI=1S/C23H22F3N5O/c1-23(25,26)16-10-28-21(29-11-16)8-14-12-31(13-14)22(32)9-20-18(27)6-7-19(30-20)15-2-4-17(24)5-3-15/h2-7,10-11,14H,8-9,12-13,27H2,1H3. The highest BCUT2D eigenvalue weighted by Gasteiger charge is 2.32. The van der Waals surface area contributed by atoms with Crippen LogP contribution in [0.3, 0.4) is 0 Å². The van der Waals surface area contributed by atoms with E-state index < -0.39 is 5.92 Å². The fourth-order valence-corrected chi connectivity index (χ4v) is 3.54. The van der Waals surface area contributed by atoms with Gasteiger partial charge in [-0.15, -0.1) is 0 Å². The lowest BCUT2D eigenvalue weighted by molar-refractivity contribution is -0.136. The molecule has 1 aromatic carbocycles. The van der Waals surface area contributed by atoms with Crippen molar-refractivity contribution < 1.29 is 18.0 Å². The molecule has 1 saturated heterocycles. The lowest BCUT2D eigenvalue weighted by Crippen LogP contribution is -2.51. The van der Waals surface area contributed by atoms with E-state index in [4.69, 9.17) is 5.73 Å². The molecule has 166 valence electrons. The smallest absolute Gasteiger partial charge is 0.273 e. The topological polar surface area (TPSA) is 85.0 Å². The number of nitrogens with two attached hydrogens (primary N) is 1. The Labute approximate surface area is 183 Å². The molecule has 0 radical (unpaired) electrons. The van der Waals surface area contributed by atoms with Crippen molar-refractivity contribution in [3.63, 3.8) is 0 Å². The van der Waals surface area contributed by atoms with E-state index in [1.807, 2.05) is 0 Å². The Morgan fingerprint density at radius 3 is 2.41 bits per heavy atom. The van der Waals surface area contributed by atoms with Crippen LogP contribution >= 0.6 is 0 Å². The number of hydrogen-bond acceptors (Lipinski definition) is 5. The largest absolute Gasteiger partial charge is 0.397 e. The van der Waals surface area contributed by atoms with E-state index in [0.29, 0.717) is 42.4 Å². The van der Waals surface area contributed by atoms with Gasteiger partial charge in [0.25, 0.3) is 5.92 Å². The van der Waals surface area contributed by atoms with Crippen LogP contribution in [0, 0.1) is 11.7 Å². The molecule has 32 heavy (non-hydrogen) atoms. The Hall–Kier alpha value is -3.49. The first-order valence-electron chi connectivity index (χ1n) is 10.2. The van der Waals surface area contributed by atoms with Gasteiger partial charge in [0.05, 0.1) is 29.1 Å². The zero-order chi connectivity index (χ0) is 22.9. The van der Waals surface area contributed by atoms with Crippen molar-refractivity contribution in [2.24, 2.45) is 5.92 Å². The molecule has 0 atom stereocenters. The molecular formula is C23H22F3N5O. The average molecular weight is 441 g/mol. The number of carbonyl (C=O) groups is 1. The maximum absolute atomic E-state index is 13.3. The molecule has 0 bridgehead atoms. The summed E-state index contributed by atoms with van der Waals surface area (Å²) >= 11 is 0. The number of benzene rings is 1. The summed E-state index contributed by atoms with van der Waals surface area (Å²) in [7, 11) is 0. The van der Waals surface area contributed by atoms with Crippen molar-refractivity contribution in [3.8, 4) is 11.3 Å². The Balaban J connectivity index is 1.34. The van der Waals surface area contributed by atoms with Crippen molar-refractivity contribution in [2.75, 3.05) is 18.8 Å². The highest BCUT2D eigenvalue weighted by atomic mass is 19.3. The van der Waals surface area contributed by atoms with Crippen LogP contribution in [0.4, 0.5) is 18.9 Å². The molecular weight excluding hydrogens is 419 g/mol. The van der Waals surface area contributed by atoms with Crippen LogP contribution in [0.5, 0.6) is 0 Å². The predicted octanol–water partition coefficient (Wildman–Crippen LogP) is 3.62. The quantitative estimate of drug-likeness (QED) is 0.632. The van der Waals surface area contributed by atoms with E-state index >= 15 is 0 Å². The van der Waals surface area contributed by atoms with Crippen LogP contribution in [-0.4, -0.2) is 38.8 Å². The van der Waals surface area contributed by atoms with E-state index in [0.717, 1.165) is 24.9 Å². The van der Waals surface area contributed by atoms with Crippen LogP contribution < -0.4 is 5.73 Å². The number of nitrogens with zero attached hydrogens (tertiary/aromatic N) is 4. The monoisotopic (exact) mass is 441 g/mol. The molecule has 0 unspecified atom stereocenters. The number of amides is 1. The summed E-state index contributed by atoms with van der Waals surface area (Å²) in [6.07, 6.45) is 2.86. The third kappa shape index (κ3) is 4.87. The molecule has 1 aliphatic heterocycles. The third-order valence-corrected chi connectivity index (χ3v) is 5.46. The summed E-state index contributed by atoms with van der Waals surface area (Å²) in [5, 5.41) is 0. The van der Waals surface area contributed by atoms with Gasteiger partial charge in [-0.1, -0.05) is 0 Å². The fraction of sp³-hybridized carbons (Fsp3) is 0.304. The first-order chi connectivity index (χ1) is 15.2. The van der Waals surface area contributed by atoms with E-state index in [2.05, 4.69) is 15.0 Å². The van der Waals surface area contributed by atoms with Crippen LogP contribution in [0.2, 0.25) is 0 Å². The molecule has 3 heterocycles. The minimum Gasteiger partial charge on any atom is -0.397 e. The normalized spacial score (nSPS) is 14.3. The van der Waals surface area contributed by atoms with Crippen molar-refractivity contribution in [1.82, 2.24) is 19.9 Å². The maximum Gasteiger partial charge on any atom is 0.273 e. The number of nitrogen functional groups attached to an aromatic ring is 1. The molecule has 2 aromatic heterocycles. The highest BCUT2D eigenvalue weighted by Crippen LogP contribution is 2.26. The zero-order valence-electron chi connectivity index (χ0n) is 17.4. The number of halogens is 3. The zero-order valence-corrected chi connectivity index (χ0v) is 17.4. The molecule has 3 aromatic rings. The lowest BCUT2D eigenvalue weighted by atomic mass is 9.95. The number of alkyl halides is 2. The van der Waals surface area contributed by atoms with E-state index in [9.17, 15) is 18.0 Å². The van der Waals surface area contributed by atoms with E-state index in [-0.39, 0.29) is 29.6 Å². The number of rotatable bonds is 6. The SMILES string of the molecule is CC(F)(F)c1cnc(CC2CN(C(=O)Cc3nc(-c4ccc(F)cc4)ccc3N)C2)nc1. The summed E-state index contributed by atoms with van der Waals surface area (Å²) in [5.41, 5.74) is 8.02.